The van der Waals surface area contributed by atoms with Crippen molar-refractivity contribution in [2.24, 2.45) is 0 Å². The van der Waals surface area contributed by atoms with E-state index in [9.17, 15) is 13.2 Å². The van der Waals surface area contributed by atoms with Gasteiger partial charge in [-0.1, -0.05) is 29.0 Å². The Labute approximate surface area is 168 Å². The molecule has 1 fully saturated rings. The molecule has 2 heterocycles. The van der Waals surface area contributed by atoms with E-state index in [0.29, 0.717) is 48.0 Å². The van der Waals surface area contributed by atoms with E-state index in [2.05, 4.69) is 20.1 Å². The summed E-state index contributed by atoms with van der Waals surface area (Å²) in [6.07, 6.45) is 0. The second-order valence-corrected chi connectivity index (χ2v) is 9.39. The van der Waals surface area contributed by atoms with Crippen molar-refractivity contribution in [3.63, 3.8) is 0 Å². The predicted octanol–water partition coefficient (Wildman–Crippen LogP) is 1.84. The Morgan fingerprint density at radius 2 is 1.75 bits per heavy atom. The first kappa shape index (κ1) is 20.7. The number of carbonyl (C=O) groups is 1. The van der Waals surface area contributed by atoms with Gasteiger partial charge < -0.3 is 9.64 Å². The molecule has 2 N–H and O–H groups in total. The zero-order valence-electron chi connectivity index (χ0n) is 16.3. The number of nitrogens with zero attached hydrogens (tertiary/aromatic N) is 2. The van der Waals surface area contributed by atoms with Gasteiger partial charge in [-0.05, 0) is 38.8 Å². The predicted molar refractivity (Wildman–Crippen MR) is 108 cm³/mol. The number of ether oxygens (including phenoxy) is 1. The van der Waals surface area contributed by atoms with Gasteiger partial charge in [0.25, 0.3) is 15.9 Å². The summed E-state index contributed by atoms with van der Waals surface area (Å²) in [4.78, 5) is 21.8. The molecule has 0 spiro atoms. The van der Waals surface area contributed by atoms with Gasteiger partial charge in [-0.3, -0.25) is 10.2 Å². The standard InChI is InChI=1S/C18H24N4O4S2/c1-11-9-12(2)16(13(3)10-11)28(24,25)21-20-17(23)15-14(4)19-18(27-15)22-5-7-26-8-6-22/h9-10,21H,5-8H2,1-4H3,(H,20,23). The molecule has 28 heavy (non-hydrogen) atoms. The number of anilines is 1. The van der Waals surface area contributed by atoms with Crippen molar-refractivity contribution in [1.82, 2.24) is 15.2 Å². The summed E-state index contributed by atoms with van der Waals surface area (Å²) >= 11 is 1.24. The first-order chi connectivity index (χ1) is 13.2. The van der Waals surface area contributed by atoms with Gasteiger partial charge >= 0.3 is 0 Å². The molecule has 0 saturated carbocycles. The Morgan fingerprint density at radius 1 is 1.14 bits per heavy atom. The van der Waals surface area contributed by atoms with Crippen LogP contribution >= 0.6 is 11.3 Å². The quantitative estimate of drug-likeness (QED) is 0.711. The molecule has 1 aromatic heterocycles. The Kier molecular flexibility index (Phi) is 6.04. The molecule has 0 aliphatic carbocycles. The number of hydrazine groups is 1. The molecule has 1 aliphatic rings. The first-order valence-corrected chi connectivity index (χ1v) is 11.2. The minimum Gasteiger partial charge on any atom is -0.378 e. The molecule has 1 aromatic carbocycles. The molecule has 8 nitrogen and oxygen atoms in total. The van der Waals surface area contributed by atoms with Crippen LogP contribution in [-0.2, 0) is 14.8 Å². The maximum absolute atomic E-state index is 12.7. The van der Waals surface area contributed by atoms with Crippen LogP contribution in [0.25, 0.3) is 0 Å². The second-order valence-electron chi connectivity index (χ2n) is 6.80. The Bertz CT molecular complexity index is 972. The number of hydrogen-bond donors (Lipinski definition) is 2. The summed E-state index contributed by atoms with van der Waals surface area (Å²) in [5, 5.41) is 0.735. The van der Waals surface area contributed by atoms with E-state index in [1.807, 2.05) is 6.92 Å². The minimum absolute atomic E-state index is 0.174. The number of hydrogen-bond acceptors (Lipinski definition) is 7. The number of aromatic nitrogens is 1. The molecule has 1 saturated heterocycles. The first-order valence-electron chi connectivity index (χ1n) is 8.89. The zero-order valence-corrected chi connectivity index (χ0v) is 18.0. The van der Waals surface area contributed by atoms with E-state index in [0.717, 1.165) is 10.7 Å². The molecule has 1 amide bonds. The number of benzene rings is 1. The van der Waals surface area contributed by atoms with Crippen LogP contribution in [0.3, 0.4) is 0 Å². The van der Waals surface area contributed by atoms with Gasteiger partial charge in [0, 0.05) is 13.1 Å². The van der Waals surface area contributed by atoms with Crippen LogP contribution in [0.5, 0.6) is 0 Å². The Balaban J connectivity index is 1.74. The van der Waals surface area contributed by atoms with Crippen molar-refractivity contribution in [2.75, 3.05) is 31.2 Å². The van der Waals surface area contributed by atoms with Gasteiger partial charge in [0.15, 0.2) is 5.13 Å². The fourth-order valence-corrected chi connectivity index (χ4v) is 5.60. The fourth-order valence-electron chi connectivity index (χ4n) is 3.29. The minimum atomic E-state index is -3.89. The van der Waals surface area contributed by atoms with Crippen LogP contribution in [0, 0.1) is 27.7 Å². The van der Waals surface area contributed by atoms with Crippen LogP contribution in [-0.4, -0.2) is 45.6 Å². The molecule has 3 rings (SSSR count). The van der Waals surface area contributed by atoms with E-state index < -0.39 is 15.9 Å². The number of morpholine rings is 1. The van der Waals surface area contributed by atoms with Gasteiger partial charge in [-0.2, -0.15) is 0 Å². The highest BCUT2D eigenvalue weighted by molar-refractivity contribution is 7.89. The second kappa shape index (κ2) is 8.16. The molecule has 152 valence electrons. The van der Waals surface area contributed by atoms with E-state index in [-0.39, 0.29) is 4.90 Å². The number of thiazole rings is 1. The average molecular weight is 425 g/mol. The van der Waals surface area contributed by atoms with Crippen molar-refractivity contribution < 1.29 is 17.9 Å². The van der Waals surface area contributed by atoms with Gasteiger partial charge in [0.1, 0.15) is 4.88 Å². The van der Waals surface area contributed by atoms with E-state index in [4.69, 9.17) is 4.74 Å². The van der Waals surface area contributed by atoms with Crippen molar-refractivity contribution in [3.8, 4) is 0 Å². The van der Waals surface area contributed by atoms with Crippen molar-refractivity contribution >= 4 is 32.4 Å². The molecule has 0 radical (unpaired) electrons. The summed E-state index contributed by atoms with van der Waals surface area (Å²) in [6.45, 7) is 9.78. The van der Waals surface area contributed by atoms with Crippen molar-refractivity contribution in [3.05, 3.63) is 39.4 Å². The Morgan fingerprint density at radius 3 is 2.36 bits per heavy atom. The van der Waals surface area contributed by atoms with Crippen LogP contribution in [0.15, 0.2) is 17.0 Å². The number of aryl methyl sites for hydroxylation is 4. The number of rotatable bonds is 5. The Hall–Kier alpha value is -2.01. The number of sulfonamides is 1. The van der Waals surface area contributed by atoms with Crippen molar-refractivity contribution in [1.29, 1.82) is 0 Å². The lowest BCUT2D eigenvalue weighted by Crippen LogP contribution is -2.42. The lowest BCUT2D eigenvalue weighted by molar-refractivity contribution is 0.0948. The highest BCUT2D eigenvalue weighted by atomic mass is 32.2. The highest BCUT2D eigenvalue weighted by Gasteiger charge is 2.24. The third-order valence-electron chi connectivity index (χ3n) is 4.45. The molecule has 0 unspecified atom stereocenters. The van der Waals surface area contributed by atoms with Gasteiger partial charge in [-0.25, -0.2) is 13.4 Å². The molecule has 0 bridgehead atoms. The topological polar surface area (TPSA) is 101 Å². The summed E-state index contributed by atoms with van der Waals surface area (Å²) in [5.74, 6) is -0.527. The van der Waals surface area contributed by atoms with E-state index in [1.54, 1.807) is 32.9 Å². The largest absolute Gasteiger partial charge is 0.378 e. The van der Waals surface area contributed by atoms with Gasteiger partial charge in [-0.15, -0.1) is 4.83 Å². The highest BCUT2D eigenvalue weighted by Crippen LogP contribution is 2.27. The molecule has 10 heteroatoms. The third kappa shape index (κ3) is 4.35. The van der Waals surface area contributed by atoms with Crippen molar-refractivity contribution in [2.45, 2.75) is 32.6 Å². The summed E-state index contributed by atoms with van der Waals surface area (Å²) in [6, 6.07) is 3.59. The van der Waals surface area contributed by atoms with Gasteiger partial charge in [0.2, 0.25) is 0 Å². The van der Waals surface area contributed by atoms with Gasteiger partial charge in [0.05, 0.1) is 23.8 Å². The number of amides is 1. The third-order valence-corrected chi connectivity index (χ3v) is 7.21. The average Bonchev–Trinajstić information content (AvgIpc) is 3.01. The summed E-state index contributed by atoms with van der Waals surface area (Å²) in [5.41, 5.74) is 5.11. The lowest BCUT2D eigenvalue weighted by Gasteiger charge is -2.25. The monoisotopic (exact) mass is 424 g/mol. The molecule has 0 atom stereocenters. The summed E-state index contributed by atoms with van der Waals surface area (Å²) < 4.78 is 30.7. The van der Waals surface area contributed by atoms with E-state index >= 15 is 0 Å². The summed E-state index contributed by atoms with van der Waals surface area (Å²) in [7, 11) is -3.89. The smallest absolute Gasteiger partial charge is 0.278 e. The van der Waals surface area contributed by atoms with Crippen LogP contribution < -0.4 is 15.2 Å². The zero-order chi connectivity index (χ0) is 20.5. The number of carbonyl (C=O) groups excluding carboxylic acids is 1. The van der Waals surface area contributed by atoms with E-state index in [1.165, 1.54) is 11.3 Å². The molecular formula is C18H24N4O4S2. The normalized spacial score (nSPS) is 14.9. The fraction of sp³-hybridized carbons (Fsp3) is 0.444. The van der Waals surface area contributed by atoms with Crippen LogP contribution in [0.4, 0.5) is 5.13 Å². The van der Waals surface area contributed by atoms with Crippen LogP contribution in [0.2, 0.25) is 0 Å². The van der Waals surface area contributed by atoms with Crippen LogP contribution in [0.1, 0.15) is 32.1 Å². The lowest BCUT2D eigenvalue weighted by atomic mass is 10.1. The molecule has 2 aromatic rings. The molecular weight excluding hydrogens is 400 g/mol. The molecule has 1 aliphatic heterocycles. The maximum Gasteiger partial charge on any atom is 0.278 e. The number of nitrogens with one attached hydrogen (secondary N) is 2. The maximum atomic E-state index is 12.7. The SMILES string of the molecule is Cc1cc(C)c(S(=O)(=O)NNC(=O)c2sc(N3CCOCC3)nc2C)c(C)c1.